The van der Waals surface area contributed by atoms with Crippen molar-refractivity contribution in [2.75, 3.05) is 19.8 Å². The Balaban J connectivity index is 1.36. The molecule has 2 aliphatic carbocycles. The maximum Gasteiger partial charge on any atom is 0.407 e. The summed E-state index contributed by atoms with van der Waals surface area (Å²) in [6.07, 6.45) is 0.609. The van der Waals surface area contributed by atoms with Gasteiger partial charge in [-0.15, -0.1) is 0 Å². The first-order valence-corrected chi connectivity index (χ1v) is 11.2. The Hall–Kier alpha value is -3.39. The molecule has 2 atom stereocenters. The van der Waals surface area contributed by atoms with Crippen LogP contribution in [0.5, 0.6) is 0 Å². The molecule has 8 nitrogen and oxygen atoms in total. The lowest BCUT2D eigenvalue weighted by molar-refractivity contribution is -0.139. The minimum atomic E-state index is -1.27. The Bertz CT molecular complexity index is 990. The largest absolute Gasteiger partial charge is 0.481 e. The van der Waals surface area contributed by atoms with E-state index in [0.717, 1.165) is 35.1 Å². The Kier molecular flexibility index (Phi) is 6.93. The Morgan fingerprint density at radius 1 is 1.00 bits per heavy atom. The smallest absolute Gasteiger partial charge is 0.407 e. The van der Waals surface area contributed by atoms with Gasteiger partial charge in [-0.05, 0) is 41.0 Å². The second kappa shape index (κ2) is 10.0. The minimum Gasteiger partial charge on any atom is -0.481 e. The maximum absolute atomic E-state index is 12.5. The van der Waals surface area contributed by atoms with Gasteiger partial charge in [0.15, 0.2) is 0 Å². The van der Waals surface area contributed by atoms with Gasteiger partial charge in [0.05, 0.1) is 6.42 Å². The summed E-state index contributed by atoms with van der Waals surface area (Å²) in [6, 6.07) is 14.6. The molecule has 2 aliphatic rings. The maximum atomic E-state index is 12.5. The van der Waals surface area contributed by atoms with Crippen LogP contribution in [0.3, 0.4) is 0 Å². The Labute approximate surface area is 192 Å². The summed E-state index contributed by atoms with van der Waals surface area (Å²) < 4.78 is 5.43. The summed E-state index contributed by atoms with van der Waals surface area (Å²) in [4.78, 5) is 36.3. The van der Waals surface area contributed by atoms with Gasteiger partial charge in [-0.1, -0.05) is 48.5 Å². The second-order valence-electron chi connectivity index (χ2n) is 8.65. The number of carbonyl (C=O) groups is 3. The van der Waals surface area contributed by atoms with Crippen LogP contribution in [0.4, 0.5) is 4.79 Å². The van der Waals surface area contributed by atoms with Gasteiger partial charge in [0.25, 0.3) is 0 Å². The highest BCUT2D eigenvalue weighted by molar-refractivity contribution is 5.89. The molecule has 0 radical (unpaired) electrons. The topological polar surface area (TPSA) is 125 Å². The lowest BCUT2D eigenvalue weighted by Crippen LogP contribution is -2.49. The van der Waals surface area contributed by atoms with E-state index in [2.05, 4.69) is 10.6 Å². The summed E-state index contributed by atoms with van der Waals surface area (Å²) in [5, 5.41) is 23.7. The van der Waals surface area contributed by atoms with Crippen LogP contribution in [-0.2, 0) is 14.3 Å². The fraction of sp³-hybridized carbons (Fsp3) is 0.400. The molecule has 2 aromatic rings. The number of aliphatic hydroxyl groups is 1. The first-order chi connectivity index (χ1) is 16.0. The van der Waals surface area contributed by atoms with Crippen molar-refractivity contribution in [2.45, 2.75) is 31.2 Å². The third kappa shape index (κ3) is 5.34. The average Bonchev–Trinajstić information content (AvgIpc) is 3.60. The lowest BCUT2D eigenvalue weighted by atomic mass is 9.98. The number of nitrogens with one attached hydrogen (secondary N) is 2. The number of rotatable bonds is 10. The number of carbonyl (C=O) groups excluding carboxylic acids is 2. The fourth-order valence-electron chi connectivity index (χ4n) is 4.47. The predicted octanol–water partition coefficient (Wildman–Crippen LogP) is 2.50. The van der Waals surface area contributed by atoms with E-state index < -0.39 is 30.4 Å². The van der Waals surface area contributed by atoms with E-state index in [9.17, 15) is 24.6 Å². The van der Waals surface area contributed by atoms with E-state index in [1.165, 1.54) is 0 Å². The first-order valence-electron chi connectivity index (χ1n) is 11.2. The van der Waals surface area contributed by atoms with Gasteiger partial charge in [0.1, 0.15) is 12.6 Å². The van der Waals surface area contributed by atoms with E-state index >= 15 is 0 Å². The molecule has 0 bridgehead atoms. The SMILES string of the molecule is O=C(O)CC(NC(=O)OCC1c2ccccc2-c2ccccc21)C(=O)NCC(CO)C1CC1. The summed E-state index contributed by atoms with van der Waals surface area (Å²) in [5.41, 5.74) is 4.31. The molecule has 174 valence electrons. The summed E-state index contributed by atoms with van der Waals surface area (Å²) in [6.45, 7) is 0.256. The van der Waals surface area contributed by atoms with Crippen molar-refractivity contribution >= 4 is 18.0 Å². The Morgan fingerprint density at radius 3 is 2.15 bits per heavy atom. The molecule has 1 saturated carbocycles. The number of benzene rings is 2. The molecule has 4 rings (SSSR count). The number of fused-ring (bicyclic) bond motifs is 3. The van der Waals surface area contributed by atoms with Gasteiger partial charge in [-0.2, -0.15) is 0 Å². The number of aliphatic carboxylic acids is 1. The van der Waals surface area contributed by atoms with Crippen molar-refractivity contribution in [2.24, 2.45) is 11.8 Å². The highest BCUT2D eigenvalue weighted by atomic mass is 16.5. The van der Waals surface area contributed by atoms with Crippen molar-refractivity contribution in [3.63, 3.8) is 0 Å². The average molecular weight is 453 g/mol. The number of aliphatic hydroxyl groups excluding tert-OH is 1. The fourth-order valence-corrected chi connectivity index (χ4v) is 4.47. The molecule has 8 heteroatoms. The molecule has 1 fully saturated rings. The zero-order valence-electron chi connectivity index (χ0n) is 18.2. The number of alkyl carbamates (subject to hydrolysis) is 1. The van der Waals surface area contributed by atoms with Crippen molar-refractivity contribution in [3.8, 4) is 11.1 Å². The van der Waals surface area contributed by atoms with Crippen molar-refractivity contribution in [1.29, 1.82) is 0 Å². The molecule has 2 aromatic carbocycles. The van der Waals surface area contributed by atoms with Crippen LogP contribution in [0, 0.1) is 11.8 Å². The lowest BCUT2D eigenvalue weighted by Gasteiger charge is -2.20. The molecule has 0 heterocycles. The molecule has 2 amide bonds. The highest BCUT2D eigenvalue weighted by Gasteiger charge is 2.33. The first kappa shape index (κ1) is 22.8. The normalized spacial score (nSPS) is 16.3. The zero-order chi connectivity index (χ0) is 23.4. The summed E-state index contributed by atoms with van der Waals surface area (Å²) in [7, 11) is 0. The number of amides is 2. The van der Waals surface area contributed by atoms with Crippen LogP contribution < -0.4 is 10.6 Å². The molecular formula is C25H28N2O6. The summed E-state index contributed by atoms with van der Waals surface area (Å²) >= 11 is 0. The summed E-state index contributed by atoms with van der Waals surface area (Å²) in [5.74, 6) is -1.64. The van der Waals surface area contributed by atoms with E-state index in [4.69, 9.17) is 4.74 Å². The van der Waals surface area contributed by atoms with Gasteiger partial charge < -0.3 is 25.6 Å². The third-order valence-corrected chi connectivity index (χ3v) is 6.39. The molecule has 33 heavy (non-hydrogen) atoms. The van der Waals surface area contributed by atoms with Crippen LogP contribution in [-0.4, -0.2) is 54.0 Å². The molecule has 4 N–H and O–H groups in total. The standard InChI is InChI=1S/C25H28N2O6/c28-13-16(15-9-10-15)12-26-24(31)22(11-23(29)30)27-25(32)33-14-21-19-7-3-1-5-17(19)18-6-2-4-8-20(18)21/h1-8,15-16,21-22,28H,9-14H2,(H,26,31)(H,27,32)(H,29,30). The molecule has 2 unspecified atom stereocenters. The monoisotopic (exact) mass is 452 g/mol. The number of hydrogen-bond acceptors (Lipinski definition) is 5. The number of carboxylic acids is 1. The third-order valence-electron chi connectivity index (χ3n) is 6.39. The van der Waals surface area contributed by atoms with Crippen molar-refractivity contribution in [3.05, 3.63) is 59.7 Å². The second-order valence-corrected chi connectivity index (χ2v) is 8.65. The molecular weight excluding hydrogens is 424 g/mol. The molecule has 0 saturated heterocycles. The van der Waals surface area contributed by atoms with E-state index in [-0.39, 0.29) is 31.6 Å². The minimum absolute atomic E-state index is 0.0473. The number of carboxylic acid groups (broad SMARTS) is 1. The highest BCUT2D eigenvalue weighted by Crippen LogP contribution is 2.44. The van der Waals surface area contributed by atoms with Gasteiger partial charge in [-0.25, -0.2) is 4.79 Å². The molecule has 0 aliphatic heterocycles. The quantitative estimate of drug-likeness (QED) is 0.439. The van der Waals surface area contributed by atoms with Gasteiger partial charge >= 0.3 is 12.1 Å². The van der Waals surface area contributed by atoms with Crippen LogP contribution in [0.25, 0.3) is 11.1 Å². The molecule has 0 spiro atoms. The zero-order valence-corrected chi connectivity index (χ0v) is 18.2. The van der Waals surface area contributed by atoms with Gasteiger partial charge in [-0.3, -0.25) is 9.59 Å². The van der Waals surface area contributed by atoms with Crippen LogP contribution in [0.1, 0.15) is 36.3 Å². The number of hydrogen-bond donors (Lipinski definition) is 4. The van der Waals surface area contributed by atoms with Gasteiger partial charge in [0.2, 0.25) is 5.91 Å². The van der Waals surface area contributed by atoms with E-state index in [0.29, 0.717) is 5.92 Å². The van der Waals surface area contributed by atoms with Crippen LogP contribution in [0.15, 0.2) is 48.5 Å². The van der Waals surface area contributed by atoms with E-state index in [1.807, 2.05) is 48.5 Å². The van der Waals surface area contributed by atoms with Crippen molar-refractivity contribution < 1.29 is 29.3 Å². The van der Waals surface area contributed by atoms with Crippen molar-refractivity contribution in [1.82, 2.24) is 10.6 Å². The number of ether oxygens (including phenoxy) is 1. The molecule has 0 aromatic heterocycles. The van der Waals surface area contributed by atoms with Gasteiger partial charge in [0, 0.05) is 25.0 Å². The van der Waals surface area contributed by atoms with E-state index in [1.54, 1.807) is 0 Å². The Morgan fingerprint density at radius 2 is 1.61 bits per heavy atom. The predicted molar refractivity (Wildman–Crippen MR) is 121 cm³/mol. The van der Waals surface area contributed by atoms with Crippen LogP contribution in [0.2, 0.25) is 0 Å². The van der Waals surface area contributed by atoms with Crippen LogP contribution >= 0.6 is 0 Å².